The molecule has 4 heteroatoms. The summed E-state index contributed by atoms with van der Waals surface area (Å²) in [4.78, 5) is 16.0. The van der Waals surface area contributed by atoms with Gasteiger partial charge in [-0.1, -0.05) is 34.1 Å². The van der Waals surface area contributed by atoms with Gasteiger partial charge in [-0.25, -0.2) is 9.78 Å². The molecule has 0 saturated carbocycles. The number of carbonyl (C=O) groups is 1. The van der Waals surface area contributed by atoms with Crippen LogP contribution >= 0.6 is 11.3 Å². The van der Waals surface area contributed by atoms with Crippen LogP contribution in [-0.2, 0) is 6.42 Å². The first-order valence-corrected chi connectivity index (χ1v) is 6.96. The number of aryl methyl sites for hydroxylation is 1. The normalized spacial score (nSPS) is 11.4. The summed E-state index contributed by atoms with van der Waals surface area (Å²) in [6.45, 7) is 8.37. The third kappa shape index (κ3) is 4.11. The number of aromatic nitrogens is 1. The van der Waals surface area contributed by atoms with Crippen molar-refractivity contribution in [1.29, 1.82) is 0 Å². The fourth-order valence-electron chi connectivity index (χ4n) is 1.69. The summed E-state index contributed by atoms with van der Waals surface area (Å²) >= 11 is 1.34. The van der Waals surface area contributed by atoms with Gasteiger partial charge < -0.3 is 5.11 Å². The van der Waals surface area contributed by atoms with E-state index in [4.69, 9.17) is 5.11 Å². The van der Waals surface area contributed by atoms with E-state index in [0.717, 1.165) is 23.5 Å². The number of nitrogens with zero attached hydrogens (tertiary/aromatic N) is 1. The summed E-state index contributed by atoms with van der Waals surface area (Å²) in [7, 11) is 0. The van der Waals surface area contributed by atoms with Crippen molar-refractivity contribution >= 4 is 17.3 Å². The second-order valence-corrected chi connectivity index (χ2v) is 6.15. The third-order valence-corrected chi connectivity index (χ3v) is 3.73. The Labute approximate surface area is 107 Å². The Balaban J connectivity index is 2.74. The number of aromatic carboxylic acids is 1. The van der Waals surface area contributed by atoms with Gasteiger partial charge in [0, 0.05) is 0 Å². The number of carboxylic acid groups (broad SMARTS) is 1. The highest BCUT2D eigenvalue weighted by atomic mass is 32.1. The predicted octanol–water partition coefficient (Wildman–Crippen LogP) is 3.94. The first kappa shape index (κ1) is 14.2. The maximum atomic E-state index is 11.1. The monoisotopic (exact) mass is 255 g/mol. The van der Waals surface area contributed by atoms with Crippen molar-refractivity contribution in [3.8, 4) is 0 Å². The number of hydrogen-bond acceptors (Lipinski definition) is 3. The van der Waals surface area contributed by atoms with Crippen LogP contribution < -0.4 is 0 Å². The molecule has 0 radical (unpaired) electrons. The number of thiazole rings is 1. The van der Waals surface area contributed by atoms with Gasteiger partial charge in [-0.3, -0.25) is 0 Å². The van der Waals surface area contributed by atoms with Crippen LogP contribution in [0.15, 0.2) is 0 Å². The maximum Gasteiger partial charge on any atom is 0.347 e. The Morgan fingerprint density at radius 3 is 2.41 bits per heavy atom. The molecule has 0 aliphatic rings. The van der Waals surface area contributed by atoms with E-state index in [2.05, 4.69) is 18.8 Å². The van der Waals surface area contributed by atoms with E-state index < -0.39 is 5.97 Å². The van der Waals surface area contributed by atoms with Crippen molar-refractivity contribution in [3.05, 3.63) is 15.6 Å². The van der Waals surface area contributed by atoms with E-state index >= 15 is 0 Å². The van der Waals surface area contributed by atoms with Crippen molar-refractivity contribution < 1.29 is 9.90 Å². The van der Waals surface area contributed by atoms with Crippen LogP contribution in [0.3, 0.4) is 0 Å². The molecule has 1 rings (SSSR count). The maximum absolute atomic E-state index is 11.1. The molecular weight excluding hydrogens is 234 g/mol. The van der Waals surface area contributed by atoms with Crippen LogP contribution in [0, 0.1) is 5.92 Å². The highest BCUT2D eigenvalue weighted by molar-refractivity contribution is 7.13. The summed E-state index contributed by atoms with van der Waals surface area (Å²) in [5.41, 5.74) is 0.738. The van der Waals surface area contributed by atoms with E-state index in [1.807, 2.05) is 13.8 Å². The lowest BCUT2D eigenvalue weighted by Crippen LogP contribution is -2.00. The first-order chi connectivity index (χ1) is 7.91. The minimum atomic E-state index is -0.846. The largest absolute Gasteiger partial charge is 0.477 e. The molecule has 3 nitrogen and oxygen atoms in total. The second kappa shape index (κ2) is 6.15. The average Bonchev–Trinajstić information content (AvgIpc) is 2.61. The fourth-order valence-corrected chi connectivity index (χ4v) is 2.79. The highest BCUT2D eigenvalue weighted by Crippen LogP contribution is 2.26. The van der Waals surface area contributed by atoms with Crippen molar-refractivity contribution in [3.63, 3.8) is 0 Å². The average molecular weight is 255 g/mol. The minimum absolute atomic E-state index is 0.177. The zero-order chi connectivity index (χ0) is 13.0. The minimum Gasteiger partial charge on any atom is -0.477 e. The quantitative estimate of drug-likeness (QED) is 0.837. The van der Waals surface area contributed by atoms with Gasteiger partial charge in [0.25, 0.3) is 0 Å². The summed E-state index contributed by atoms with van der Waals surface area (Å²) in [5, 5.41) is 10.1. The Morgan fingerprint density at radius 1 is 1.35 bits per heavy atom. The van der Waals surface area contributed by atoms with Gasteiger partial charge >= 0.3 is 5.97 Å². The van der Waals surface area contributed by atoms with Gasteiger partial charge in [0.15, 0.2) is 0 Å². The zero-order valence-electron chi connectivity index (χ0n) is 11.0. The molecule has 0 aliphatic heterocycles. The predicted molar refractivity (Wildman–Crippen MR) is 70.9 cm³/mol. The van der Waals surface area contributed by atoms with E-state index in [-0.39, 0.29) is 5.92 Å². The number of hydrogen-bond donors (Lipinski definition) is 1. The fraction of sp³-hybridized carbons (Fsp3) is 0.692. The summed E-state index contributed by atoms with van der Waals surface area (Å²) in [6.07, 6.45) is 3.15. The molecule has 0 amide bonds. The Bertz CT molecular complexity index is 383. The molecule has 0 unspecified atom stereocenters. The molecule has 0 bridgehead atoms. The summed E-state index contributed by atoms with van der Waals surface area (Å²) in [5.74, 6) is 0.0241. The third-order valence-electron chi connectivity index (χ3n) is 2.61. The van der Waals surface area contributed by atoms with E-state index in [1.54, 1.807) is 0 Å². The van der Waals surface area contributed by atoms with Gasteiger partial charge in [-0.05, 0) is 24.7 Å². The van der Waals surface area contributed by atoms with Gasteiger partial charge in [-0.2, -0.15) is 0 Å². The lowest BCUT2D eigenvalue weighted by atomic mass is 10.1. The van der Waals surface area contributed by atoms with Crippen molar-refractivity contribution in [2.24, 2.45) is 5.92 Å². The Hall–Kier alpha value is -0.900. The SMILES string of the molecule is CC(C)CCCc1nc(C(C)C)c(C(=O)O)s1. The molecule has 0 saturated heterocycles. The first-order valence-electron chi connectivity index (χ1n) is 6.14. The van der Waals surface area contributed by atoms with Gasteiger partial charge in [-0.15, -0.1) is 11.3 Å². The molecule has 0 atom stereocenters. The Kier molecular flexibility index (Phi) is 5.12. The molecule has 17 heavy (non-hydrogen) atoms. The van der Waals surface area contributed by atoms with Crippen molar-refractivity contribution in [1.82, 2.24) is 4.98 Å². The van der Waals surface area contributed by atoms with Gasteiger partial charge in [0.1, 0.15) is 4.88 Å². The van der Waals surface area contributed by atoms with Crippen LogP contribution in [0.2, 0.25) is 0 Å². The number of carboxylic acids is 1. The summed E-state index contributed by atoms with van der Waals surface area (Å²) in [6, 6.07) is 0. The standard InChI is InChI=1S/C13H21NO2S/c1-8(2)6-5-7-10-14-11(9(3)4)12(17-10)13(15)16/h8-9H,5-7H2,1-4H3,(H,15,16). The molecule has 0 spiro atoms. The molecule has 1 heterocycles. The van der Waals surface area contributed by atoms with E-state index in [0.29, 0.717) is 10.8 Å². The molecular formula is C13H21NO2S. The molecule has 1 aromatic heterocycles. The highest BCUT2D eigenvalue weighted by Gasteiger charge is 2.19. The van der Waals surface area contributed by atoms with Crippen LogP contribution in [-0.4, -0.2) is 16.1 Å². The molecule has 96 valence electrons. The molecule has 0 aromatic carbocycles. The van der Waals surface area contributed by atoms with Gasteiger partial charge in [0.2, 0.25) is 0 Å². The van der Waals surface area contributed by atoms with E-state index in [1.165, 1.54) is 17.8 Å². The smallest absolute Gasteiger partial charge is 0.347 e. The van der Waals surface area contributed by atoms with Crippen molar-refractivity contribution in [2.75, 3.05) is 0 Å². The van der Waals surface area contributed by atoms with Gasteiger partial charge in [0.05, 0.1) is 10.7 Å². The van der Waals surface area contributed by atoms with Crippen LogP contribution in [0.1, 0.15) is 66.8 Å². The molecule has 0 aliphatic carbocycles. The lowest BCUT2D eigenvalue weighted by Gasteiger charge is -2.02. The lowest BCUT2D eigenvalue weighted by molar-refractivity contribution is 0.0700. The van der Waals surface area contributed by atoms with Crippen LogP contribution in [0.25, 0.3) is 0 Å². The Morgan fingerprint density at radius 2 is 2.00 bits per heavy atom. The zero-order valence-corrected chi connectivity index (χ0v) is 11.8. The van der Waals surface area contributed by atoms with Crippen LogP contribution in [0.4, 0.5) is 0 Å². The van der Waals surface area contributed by atoms with Crippen LogP contribution in [0.5, 0.6) is 0 Å². The second-order valence-electron chi connectivity index (χ2n) is 5.07. The topological polar surface area (TPSA) is 50.2 Å². The molecule has 0 fully saturated rings. The summed E-state index contributed by atoms with van der Waals surface area (Å²) < 4.78 is 0. The molecule has 1 N–H and O–H groups in total. The van der Waals surface area contributed by atoms with E-state index in [9.17, 15) is 4.79 Å². The van der Waals surface area contributed by atoms with Crippen molar-refractivity contribution in [2.45, 2.75) is 52.9 Å². The molecule has 1 aromatic rings. The number of rotatable bonds is 6.